The molecular formula is C32H31F3N6O2S. The van der Waals surface area contributed by atoms with Crippen LogP contribution in [0.2, 0.25) is 0 Å². The summed E-state index contributed by atoms with van der Waals surface area (Å²) in [7, 11) is 0. The number of hydrogen-bond acceptors (Lipinski definition) is 5. The third-order valence-electron chi connectivity index (χ3n) is 6.86. The second kappa shape index (κ2) is 13.4. The lowest BCUT2D eigenvalue weighted by atomic mass is 10.0. The van der Waals surface area contributed by atoms with E-state index in [1.54, 1.807) is 18.0 Å². The summed E-state index contributed by atoms with van der Waals surface area (Å²) in [4.78, 5) is 23.6. The van der Waals surface area contributed by atoms with E-state index in [1.165, 1.54) is 46.4 Å². The largest absolute Gasteiger partial charge is 0.573 e. The number of amidine groups is 1. The van der Waals surface area contributed by atoms with Crippen LogP contribution >= 0.6 is 11.8 Å². The number of aryl methyl sites for hydroxylation is 2. The highest BCUT2D eigenvalue weighted by Crippen LogP contribution is 2.31. The molecule has 1 N–H and O–H groups in total. The number of carbonyl (C=O) groups excluding carboxylic acids is 1. The predicted octanol–water partition coefficient (Wildman–Crippen LogP) is 7.77. The van der Waals surface area contributed by atoms with Gasteiger partial charge in [-0.2, -0.15) is 4.99 Å². The third-order valence-corrected chi connectivity index (χ3v) is 7.82. The molecule has 2 amide bonds. The fourth-order valence-electron chi connectivity index (χ4n) is 4.70. The molecule has 12 heteroatoms. The maximum Gasteiger partial charge on any atom is 0.573 e. The van der Waals surface area contributed by atoms with Crippen LogP contribution in [-0.2, 0) is 6.42 Å². The number of ether oxygens (including phenoxy) is 1. The second-order valence-corrected chi connectivity index (χ2v) is 11.2. The smallest absolute Gasteiger partial charge is 0.406 e. The summed E-state index contributed by atoms with van der Waals surface area (Å²) in [6, 6.07) is 18.9. The number of rotatable bonds is 8. The number of urea groups is 1. The zero-order chi connectivity index (χ0) is 31.3. The molecule has 0 radical (unpaired) electrons. The van der Waals surface area contributed by atoms with Crippen LogP contribution in [0.1, 0.15) is 37.0 Å². The van der Waals surface area contributed by atoms with Gasteiger partial charge >= 0.3 is 12.4 Å². The average molecular weight is 621 g/mol. The first kappa shape index (κ1) is 30.9. The minimum absolute atomic E-state index is 0.313. The van der Waals surface area contributed by atoms with Gasteiger partial charge in [0, 0.05) is 29.7 Å². The molecule has 0 bridgehead atoms. The lowest BCUT2D eigenvalue weighted by Gasteiger charge is -2.22. The van der Waals surface area contributed by atoms with Crippen LogP contribution < -0.4 is 15.0 Å². The Kier molecular flexibility index (Phi) is 9.38. The summed E-state index contributed by atoms with van der Waals surface area (Å²) in [6.45, 7) is 6.91. The highest BCUT2D eigenvalue weighted by molar-refractivity contribution is 8.14. The molecule has 1 aliphatic rings. The van der Waals surface area contributed by atoms with Crippen molar-refractivity contribution >= 4 is 34.2 Å². The third kappa shape index (κ3) is 7.67. The van der Waals surface area contributed by atoms with Crippen molar-refractivity contribution in [3.63, 3.8) is 0 Å². The number of aliphatic imine (C=N–C) groups is 1. The van der Waals surface area contributed by atoms with E-state index in [0.717, 1.165) is 47.5 Å². The Morgan fingerprint density at radius 3 is 2.57 bits per heavy atom. The second-order valence-electron chi connectivity index (χ2n) is 10.2. The number of carbonyl (C=O) groups is 1. The van der Waals surface area contributed by atoms with Crippen LogP contribution in [-0.4, -0.2) is 44.6 Å². The molecule has 0 unspecified atom stereocenters. The number of aromatic nitrogens is 3. The number of thioether (sulfide) groups is 1. The predicted molar refractivity (Wildman–Crippen MR) is 168 cm³/mol. The molecule has 2 heterocycles. The molecule has 228 valence electrons. The maximum absolute atomic E-state index is 12.8. The lowest BCUT2D eigenvalue weighted by Crippen LogP contribution is -2.27. The van der Waals surface area contributed by atoms with E-state index < -0.39 is 12.4 Å². The van der Waals surface area contributed by atoms with E-state index in [2.05, 4.69) is 62.1 Å². The molecule has 44 heavy (non-hydrogen) atoms. The Hall–Kier alpha value is -4.58. The molecule has 1 aliphatic heterocycles. The number of nitrogens with zero attached hydrogens (tertiary/aromatic N) is 5. The van der Waals surface area contributed by atoms with Crippen LogP contribution in [0.3, 0.4) is 0 Å². The van der Waals surface area contributed by atoms with Gasteiger partial charge in [0.1, 0.15) is 12.1 Å². The minimum atomic E-state index is -4.75. The van der Waals surface area contributed by atoms with E-state index in [1.807, 2.05) is 31.2 Å². The molecule has 1 saturated heterocycles. The topological polar surface area (TPSA) is 84.6 Å². The van der Waals surface area contributed by atoms with Gasteiger partial charge in [-0.05, 0) is 72.9 Å². The summed E-state index contributed by atoms with van der Waals surface area (Å²) in [6.07, 6.45) is 0.375. The zero-order valence-electron chi connectivity index (χ0n) is 24.4. The van der Waals surface area contributed by atoms with E-state index in [4.69, 9.17) is 0 Å². The highest BCUT2D eigenvalue weighted by Gasteiger charge is 2.31. The van der Waals surface area contributed by atoms with Crippen LogP contribution in [0.25, 0.3) is 22.6 Å². The Labute approximate surface area is 257 Å². The summed E-state index contributed by atoms with van der Waals surface area (Å²) >= 11 is 1.57. The van der Waals surface area contributed by atoms with Crippen molar-refractivity contribution < 1.29 is 22.7 Å². The van der Waals surface area contributed by atoms with Crippen molar-refractivity contribution in [2.45, 2.75) is 40.0 Å². The number of alkyl halides is 3. The standard InChI is InChI=1S/C32H31F3N6O2S/c1-4-5-24-7-6-21(2)18-28(24)40-16-17-44-31(40)38-30(42)36-19-22(3)23-8-10-25(11-9-23)29-37-20-41(39-29)26-12-14-27(15-13-26)43-32(33,34)35/h6-15,18-20H,4-5,16-17H2,1-3H3,(H,36,42)/b22-19+,38-31-. The molecule has 8 nitrogen and oxygen atoms in total. The van der Waals surface area contributed by atoms with E-state index in [-0.39, 0.29) is 5.75 Å². The van der Waals surface area contributed by atoms with Crippen LogP contribution in [0, 0.1) is 6.92 Å². The van der Waals surface area contributed by atoms with Gasteiger partial charge in [0.25, 0.3) is 0 Å². The highest BCUT2D eigenvalue weighted by atomic mass is 32.2. The van der Waals surface area contributed by atoms with Gasteiger partial charge in [-0.1, -0.05) is 61.5 Å². The minimum Gasteiger partial charge on any atom is -0.406 e. The van der Waals surface area contributed by atoms with Crippen molar-refractivity contribution in [3.8, 4) is 22.8 Å². The van der Waals surface area contributed by atoms with E-state index in [9.17, 15) is 18.0 Å². The quantitative estimate of drug-likeness (QED) is 0.217. The molecule has 3 aromatic carbocycles. The number of amides is 2. The molecule has 0 saturated carbocycles. The monoisotopic (exact) mass is 620 g/mol. The number of allylic oxidation sites excluding steroid dienone is 1. The molecule has 1 aromatic heterocycles. The van der Waals surface area contributed by atoms with Crippen molar-refractivity contribution in [2.75, 3.05) is 17.2 Å². The molecule has 5 rings (SSSR count). The Morgan fingerprint density at radius 2 is 1.86 bits per heavy atom. The summed E-state index contributed by atoms with van der Waals surface area (Å²) in [5, 5.41) is 7.92. The van der Waals surface area contributed by atoms with Crippen LogP contribution in [0.4, 0.5) is 23.7 Å². The first-order valence-electron chi connectivity index (χ1n) is 14.0. The summed E-state index contributed by atoms with van der Waals surface area (Å²) in [5.74, 6) is 1.00. The van der Waals surface area contributed by atoms with Gasteiger partial charge in [-0.15, -0.1) is 18.3 Å². The normalized spacial score (nSPS) is 14.7. The molecule has 4 aromatic rings. The molecular weight excluding hydrogens is 589 g/mol. The molecule has 1 fully saturated rings. The first-order valence-corrected chi connectivity index (χ1v) is 15.0. The Bertz CT molecular complexity index is 1680. The van der Waals surface area contributed by atoms with Crippen LogP contribution in [0.5, 0.6) is 5.75 Å². The van der Waals surface area contributed by atoms with Crippen molar-refractivity contribution in [3.05, 3.63) is 95.9 Å². The number of hydrogen-bond donors (Lipinski definition) is 1. The number of benzene rings is 3. The van der Waals surface area contributed by atoms with Crippen molar-refractivity contribution in [1.29, 1.82) is 0 Å². The van der Waals surface area contributed by atoms with Gasteiger partial charge in [-0.25, -0.2) is 14.5 Å². The van der Waals surface area contributed by atoms with Gasteiger partial charge in [0.2, 0.25) is 0 Å². The lowest BCUT2D eigenvalue weighted by molar-refractivity contribution is -0.274. The van der Waals surface area contributed by atoms with Crippen molar-refractivity contribution in [2.24, 2.45) is 4.99 Å². The van der Waals surface area contributed by atoms with Crippen molar-refractivity contribution in [1.82, 2.24) is 20.1 Å². The van der Waals surface area contributed by atoms with Gasteiger partial charge in [-0.3, -0.25) is 0 Å². The Balaban J connectivity index is 1.22. The fraction of sp³-hybridized carbons (Fsp3) is 0.250. The molecule has 0 atom stereocenters. The van der Waals surface area contributed by atoms with Gasteiger partial charge in [0.15, 0.2) is 11.0 Å². The molecule has 0 aliphatic carbocycles. The van der Waals surface area contributed by atoms with E-state index in [0.29, 0.717) is 16.7 Å². The maximum atomic E-state index is 12.8. The zero-order valence-corrected chi connectivity index (χ0v) is 25.2. The van der Waals surface area contributed by atoms with Gasteiger partial charge in [0.05, 0.1) is 5.69 Å². The Morgan fingerprint density at radius 1 is 1.11 bits per heavy atom. The number of nitrogens with one attached hydrogen (secondary N) is 1. The summed E-state index contributed by atoms with van der Waals surface area (Å²) in [5.41, 5.74) is 6.55. The molecule has 0 spiro atoms. The van der Waals surface area contributed by atoms with Crippen LogP contribution in [0.15, 0.2) is 84.2 Å². The first-order chi connectivity index (χ1) is 21.1. The summed E-state index contributed by atoms with van der Waals surface area (Å²) < 4.78 is 42.6. The fourth-order valence-corrected chi connectivity index (χ4v) is 5.65. The SMILES string of the molecule is CCCc1ccc(C)cc1N1CCS/C1=N\C(=O)N/C=C(\C)c1ccc(-c2ncn(-c3ccc(OC(F)(F)F)cc3)n2)cc1. The number of halogens is 3. The average Bonchev–Trinajstić information content (AvgIpc) is 3.67. The number of anilines is 1. The van der Waals surface area contributed by atoms with E-state index >= 15 is 0 Å². The van der Waals surface area contributed by atoms with Gasteiger partial charge < -0.3 is 15.0 Å².